The third-order valence-electron chi connectivity index (χ3n) is 3.42. The predicted octanol–water partition coefficient (Wildman–Crippen LogP) is -1.23. The lowest BCUT2D eigenvalue weighted by Crippen LogP contribution is -2.57. The summed E-state index contributed by atoms with van der Waals surface area (Å²) in [5.41, 5.74) is 0. The van der Waals surface area contributed by atoms with E-state index in [-0.39, 0.29) is 0 Å². The Kier molecular flexibility index (Phi) is 4.99. The first-order valence-electron chi connectivity index (χ1n) is 6.31. The minimum Gasteiger partial charge on any atom is -0.379 e. The molecule has 2 heterocycles. The first-order chi connectivity index (χ1) is 7.86. The number of nitrogens with zero attached hydrogens (tertiary/aromatic N) is 2. The van der Waals surface area contributed by atoms with Crippen LogP contribution >= 0.6 is 0 Å². The Balaban J connectivity index is 1.59. The maximum Gasteiger partial charge on any atom is 0.0724 e. The first-order valence-corrected chi connectivity index (χ1v) is 6.31. The van der Waals surface area contributed by atoms with E-state index < -0.39 is 0 Å². The van der Waals surface area contributed by atoms with Crippen LogP contribution in [0, 0.1) is 0 Å². The minimum atomic E-state index is 0.495. The quantitative estimate of drug-likeness (QED) is 0.630. The Morgan fingerprint density at radius 1 is 1.31 bits per heavy atom. The Morgan fingerprint density at radius 2 is 2.12 bits per heavy atom. The minimum absolute atomic E-state index is 0.495. The smallest absolute Gasteiger partial charge is 0.0724 e. The fraction of sp³-hybridized carbons (Fsp3) is 1.00. The van der Waals surface area contributed by atoms with Crippen molar-refractivity contribution in [1.82, 2.24) is 20.4 Å². The number of piperazine rings is 1. The van der Waals surface area contributed by atoms with Gasteiger partial charge in [0.1, 0.15) is 0 Å². The molecular weight excluding hydrogens is 204 g/mol. The van der Waals surface area contributed by atoms with Crippen molar-refractivity contribution in [2.75, 3.05) is 66.1 Å². The zero-order chi connectivity index (χ0) is 11.2. The van der Waals surface area contributed by atoms with Gasteiger partial charge >= 0.3 is 0 Å². The molecule has 2 fully saturated rings. The standard InChI is InChI=1S/C11H24N4O/c1-14-4-2-12-10-11(14)13-3-5-15-6-8-16-9-7-15/h11-13H,2-10H2,1H3. The van der Waals surface area contributed by atoms with Crippen LogP contribution in [0.25, 0.3) is 0 Å². The second-order valence-electron chi connectivity index (χ2n) is 4.61. The Morgan fingerprint density at radius 3 is 2.88 bits per heavy atom. The molecule has 0 aromatic rings. The lowest BCUT2D eigenvalue weighted by atomic mass is 10.3. The van der Waals surface area contributed by atoms with E-state index in [1.54, 1.807) is 0 Å². The molecule has 0 aromatic carbocycles. The SMILES string of the molecule is CN1CCNCC1NCCN1CCOCC1. The van der Waals surface area contributed by atoms with Crippen molar-refractivity contribution < 1.29 is 4.74 Å². The van der Waals surface area contributed by atoms with Gasteiger partial charge in [0.2, 0.25) is 0 Å². The van der Waals surface area contributed by atoms with Gasteiger partial charge in [-0.3, -0.25) is 15.1 Å². The average Bonchev–Trinajstić information content (AvgIpc) is 2.33. The predicted molar refractivity (Wildman–Crippen MR) is 64.5 cm³/mol. The van der Waals surface area contributed by atoms with Crippen molar-refractivity contribution in [1.29, 1.82) is 0 Å². The van der Waals surface area contributed by atoms with Crippen LogP contribution in [0.15, 0.2) is 0 Å². The van der Waals surface area contributed by atoms with E-state index in [0.29, 0.717) is 6.17 Å². The first kappa shape index (κ1) is 12.3. The maximum atomic E-state index is 5.33. The topological polar surface area (TPSA) is 39.8 Å². The molecule has 94 valence electrons. The van der Waals surface area contributed by atoms with Crippen LogP contribution in [-0.2, 0) is 4.74 Å². The molecule has 1 atom stereocenters. The summed E-state index contributed by atoms with van der Waals surface area (Å²) in [7, 11) is 2.19. The van der Waals surface area contributed by atoms with Gasteiger partial charge in [0.05, 0.1) is 19.4 Å². The number of morpholine rings is 1. The van der Waals surface area contributed by atoms with Gasteiger partial charge in [0, 0.05) is 45.8 Å². The molecule has 2 aliphatic heterocycles. The summed E-state index contributed by atoms with van der Waals surface area (Å²) < 4.78 is 5.33. The molecule has 0 amide bonds. The van der Waals surface area contributed by atoms with Gasteiger partial charge in [-0.15, -0.1) is 0 Å². The largest absolute Gasteiger partial charge is 0.379 e. The molecule has 1 unspecified atom stereocenters. The zero-order valence-electron chi connectivity index (χ0n) is 10.2. The number of likely N-dealkylation sites (N-methyl/N-ethyl adjacent to an activating group) is 1. The summed E-state index contributed by atoms with van der Waals surface area (Å²) in [5.74, 6) is 0. The lowest BCUT2D eigenvalue weighted by Gasteiger charge is -2.34. The summed E-state index contributed by atoms with van der Waals surface area (Å²) in [4.78, 5) is 4.85. The number of nitrogens with one attached hydrogen (secondary N) is 2. The molecule has 0 spiro atoms. The highest BCUT2D eigenvalue weighted by atomic mass is 16.5. The lowest BCUT2D eigenvalue weighted by molar-refractivity contribution is 0.0368. The molecule has 16 heavy (non-hydrogen) atoms. The van der Waals surface area contributed by atoms with Crippen LogP contribution < -0.4 is 10.6 Å². The average molecular weight is 228 g/mol. The number of hydrogen-bond donors (Lipinski definition) is 2. The van der Waals surface area contributed by atoms with Crippen molar-refractivity contribution in [3.8, 4) is 0 Å². The second-order valence-corrected chi connectivity index (χ2v) is 4.61. The summed E-state index contributed by atoms with van der Waals surface area (Å²) in [6, 6.07) is 0. The van der Waals surface area contributed by atoms with Crippen molar-refractivity contribution in [2.45, 2.75) is 6.17 Å². The number of hydrogen-bond acceptors (Lipinski definition) is 5. The molecule has 2 aliphatic rings. The van der Waals surface area contributed by atoms with Gasteiger partial charge in [0.25, 0.3) is 0 Å². The van der Waals surface area contributed by atoms with Gasteiger partial charge in [-0.25, -0.2) is 0 Å². The van der Waals surface area contributed by atoms with Gasteiger partial charge in [-0.05, 0) is 7.05 Å². The Bertz CT molecular complexity index is 196. The van der Waals surface area contributed by atoms with Gasteiger partial charge in [0.15, 0.2) is 0 Å². The van der Waals surface area contributed by atoms with Gasteiger partial charge in [-0.2, -0.15) is 0 Å². The van der Waals surface area contributed by atoms with E-state index in [4.69, 9.17) is 4.74 Å². The third kappa shape index (κ3) is 3.68. The number of ether oxygens (including phenoxy) is 1. The Hall–Kier alpha value is -0.200. The van der Waals surface area contributed by atoms with Crippen LogP contribution in [0.3, 0.4) is 0 Å². The van der Waals surface area contributed by atoms with E-state index in [1.807, 2.05) is 0 Å². The van der Waals surface area contributed by atoms with E-state index in [9.17, 15) is 0 Å². The highest BCUT2D eigenvalue weighted by Gasteiger charge is 2.17. The Labute approximate surface area is 98.1 Å². The monoisotopic (exact) mass is 228 g/mol. The molecule has 5 nitrogen and oxygen atoms in total. The van der Waals surface area contributed by atoms with Crippen LogP contribution in [-0.4, -0.2) is 82.0 Å². The van der Waals surface area contributed by atoms with Crippen molar-refractivity contribution in [3.63, 3.8) is 0 Å². The molecular formula is C11H24N4O. The van der Waals surface area contributed by atoms with E-state index in [2.05, 4.69) is 27.5 Å². The second kappa shape index (κ2) is 6.51. The third-order valence-corrected chi connectivity index (χ3v) is 3.42. The fourth-order valence-corrected chi connectivity index (χ4v) is 2.25. The highest BCUT2D eigenvalue weighted by Crippen LogP contribution is 1.97. The molecule has 0 saturated carbocycles. The molecule has 0 radical (unpaired) electrons. The molecule has 0 aliphatic carbocycles. The molecule has 5 heteroatoms. The summed E-state index contributed by atoms with van der Waals surface area (Å²) >= 11 is 0. The zero-order valence-corrected chi connectivity index (χ0v) is 10.2. The number of rotatable bonds is 4. The normalized spacial score (nSPS) is 29.4. The van der Waals surface area contributed by atoms with E-state index in [1.165, 1.54) is 0 Å². The highest BCUT2D eigenvalue weighted by molar-refractivity contribution is 4.76. The van der Waals surface area contributed by atoms with Crippen molar-refractivity contribution >= 4 is 0 Å². The summed E-state index contributed by atoms with van der Waals surface area (Å²) in [6.45, 7) is 9.45. The van der Waals surface area contributed by atoms with Crippen molar-refractivity contribution in [2.24, 2.45) is 0 Å². The molecule has 2 saturated heterocycles. The van der Waals surface area contributed by atoms with Crippen LogP contribution in [0.2, 0.25) is 0 Å². The van der Waals surface area contributed by atoms with Crippen LogP contribution in [0.4, 0.5) is 0 Å². The molecule has 0 aromatic heterocycles. The fourth-order valence-electron chi connectivity index (χ4n) is 2.25. The summed E-state index contributed by atoms with van der Waals surface area (Å²) in [6.07, 6.45) is 0.495. The van der Waals surface area contributed by atoms with E-state index in [0.717, 1.165) is 59.0 Å². The van der Waals surface area contributed by atoms with Crippen LogP contribution in [0.1, 0.15) is 0 Å². The van der Waals surface area contributed by atoms with Crippen molar-refractivity contribution in [3.05, 3.63) is 0 Å². The van der Waals surface area contributed by atoms with E-state index >= 15 is 0 Å². The molecule has 0 bridgehead atoms. The maximum absolute atomic E-state index is 5.33. The summed E-state index contributed by atoms with van der Waals surface area (Å²) in [5, 5.41) is 7.02. The van der Waals surface area contributed by atoms with Gasteiger partial charge < -0.3 is 10.1 Å². The molecule has 2 N–H and O–H groups in total. The van der Waals surface area contributed by atoms with Crippen LogP contribution in [0.5, 0.6) is 0 Å². The van der Waals surface area contributed by atoms with Gasteiger partial charge in [-0.1, -0.05) is 0 Å². The molecule has 2 rings (SSSR count).